The number of hydrogen-bond donors (Lipinski definition) is 2. The van der Waals surface area contributed by atoms with Crippen molar-refractivity contribution >= 4 is 18.3 Å². The molecule has 108 valence electrons. The number of halogens is 1. The highest BCUT2D eigenvalue weighted by atomic mass is 35.5. The Labute approximate surface area is 118 Å². The second-order valence-electron chi connectivity index (χ2n) is 5.22. The van der Waals surface area contributed by atoms with Gasteiger partial charge >= 0.3 is 0 Å². The lowest BCUT2D eigenvalue weighted by Gasteiger charge is -2.19. The Morgan fingerprint density at radius 2 is 1.72 bits per heavy atom. The molecule has 1 aliphatic rings. The third kappa shape index (κ3) is 8.76. The zero-order valence-electron chi connectivity index (χ0n) is 11.7. The summed E-state index contributed by atoms with van der Waals surface area (Å²) in [7, 11) is 1.92. The molecule has 0 aliphatic heterocycles. The van der Waals surface area contributed by atoms with Crippen molar-refractivity contribution in [3.05, 3.63) is 0 Å². The Bertz CT molecular complexity index is 204. The largest absolute Gasteiger partial charge is 0.356 e. The Morgan fingerprint density at radius 3 is 2.33 bits per heavy atom. The van der Waals surface area contributed by atoms with Crippen LogP contribution in [-0.2, 0) is 4.79 Å². The average Bonchev–Trinajstić information content (AvgIpc) is 2.28. The van der Waals surface area contributed by atoms with E-state index in [1.165, 1.54) is 44.9 Å². The number of amides is 1. The normalized spacial score (nSPS) is 17.4. The molecule has 1 amide bonds. The maximum atomic E-state index is 11.6. The zero-order chi connectivity index (χ0) is 12.3. The van der Waals surface area contributed by atoms with Gasteiger partial charge in [0.05, 0.1) is 0 Å². The Balaban J connectivity index is 0.00000289. The van der Waals surface area contributed by atoms with Crippen molar-refractivity contribution < 1.29 is 4.79 Å². The molecule has 0 atom stereocenters. The van der Waals surface area contributed by atoms with Gasteiger partial charge in [-0.1, -0.05) is 32.1 Å². The second-order valence-corrected chi connectivity index (χ2v) is 5.22. The zero-order valence-corrected chi connectivity index (χ0v) is 12.5. The van der Waals surface area contributed by atoms with Crippen molar-refractivity contribution in [3.63, 3.8) is 0 Å². The minimum Gasteiger partial charge on any atom is -0.356 e. The van der Waals surface area contributed by atoms with E-state index >= 15 is 0 Å². The van der Waals surface area contributed by atoms with E-state index in [-0.39, 0.29) is 18.3 Å². The predicted molar refractivity (Wildman–Crippen MR) is 79.2 cm³/mol. The fraction of sp³-hybridized carbons (Fsp3) is 0.929. The molecule has 0 radical (unpaired) electrons. The predicted octanol–water partition coefficient (Wildman–Crippen LogP) is 2.88. The monoisotopic (exact) mass is 276 g/mol. The molecule has 18 heavy (non-hydrogen) atoms. The van der Waals surface area contributed by atoms with Gasteiger partial charge in [0.2, 0.25) is 5.91 Å². The van der Waals surface area contributed by atoms with Gasteiger partial charge in [0.1, 0.15) is 0 Å². The summed E-state index contributed by atoms with van der Waals surface area (Å²) in [6, 6.07) is 0. The first-order chi connectivity index (χ1) is 8.33. The van der Waals surface area contributed by atoms with Crippen molar-refractivity contribution in [2.24, 2.45) is 5.92 Å². The van der Waals surface area contributed by atoms with E-state index in [2.05, 4.69) is 10.6 Å². The van der Waals surface area contributed by atoms with Crippen LogP contribution in [0.5, 0.6) is 0 Å². The highest BCUT2D eigenvalue weighted by Gasteiger charge is 2.12. The lowest BCUT2D eigenvalue weighted by molar-refractivity contribution is -0.121. The van der Waals surface area contributed by atoms with Gasteiger partial charge in [0.25, 0.3) is 0 Å². The van der Waals surface area contributed by atoms with E-state index in [4.69, 9.17) is 0 Å². The van der Waals surface area contributed by atoms with Crippen LogP contribution in [0.2, 0.25) is 0 Å². The van der Waals surface area contributed by atoms with Crippen molar-refractivity contribution in [3.8, 4) is 0 Å². The molecule has 1 aliphatic carbocycles. The number of carbonyl (C=O) groups excluding carboxylic acids is 1. The first-order valence-electron chi connectivity index (χ1n) is 7.24. The number of rotatable bonds is 6. The molecular weight excluding hydrogens is 248 g/mol. The molecule has 1 rings (SSSR count). The molecule has 3 nitrogen and oxygen atoms in total. The van der Waals surface area contributed by atoms with Crippen LogP contribution in [0.15, 0.2) is 0 Å². The van der Waals surface area contributed by atoms with Gasteiger partial charge in [0.15, 0.2) is 0 Å². The molecule has 0 spiro atoms. The summed E-state index contributed by atoms with van der Waals surface area (Å²) in [6.07, 6.45) is 11.1. The van der Waals surface area contributed by atoms with Crippen LogP contribution in [0.1, 0.15) is 57.8 Å². The highest BCUT2D eigenvalue weighted by molar-refractivity contribution is 5.85. The van der Waals surface area contributed by atoms with Crippen LogP contribution < -0.4 is 10.6 Å². The minimum absolute atomic E-state index is 0. The molecule has 0 heterocycles. The van der Waals surface area contributed by atoms with Crippen LogP contribution in [0, 0.1) is 5.92 Å². The topological polar surface area (TPSA) is 41.1 Å². The summed E-state index contributed by atoms with van der Waals surface area (Å²) < 4.78 is 0. The fourth-order valence-electron chi connectivity index (χ4n) is 2.52. The molecule has 0 saturated heterocycles. The number of hydrogen-bond acceptors (Lipinski definition) is 2. The first-order valence-corrected chi connectivity index (χ1v) is 7.24. The maximum absolute atomic E-state index is 11.6. The van der Waals surface area contributed by atoms with E-state index in [0.717, 1.165) is 25.4 Å². The molecule has 2 N–H and O–H groups in total. The molecule has 0 bridgehead atoms. The molecule has 1 saturated carbocycles. The van der Waals surface area contributed by atoms with Gasteiger partial charge in [0, 0.05) is 13.0 Å². The van der Waals surface area contributed by atoms with Crippen LogP contribution in [0.25, 0.3) is 0 Å². The summed E-state index contributed by atoms with van der Waals surface area (Å²) in [5.74, 6) is 0.950. The third-order valence-electron chi connectivity index (χ3n) is 3.64. The molecule has 1 fully saturated rings. The van der Waals surface area contributed by atoms with E-state index in [9.17, 15) is 4.79 Å². The molecule has 0 aromatic carbocycles. The van der Waals surface area contributed by atoms with Gasteiger partial charge in [-0.05, 0) is 38.8 Å². The lowest BCUT2D eigenvalue weighted by Crippen LogP contribution is -2.30. The Kier molecular flexibility index (Phi) is 11.6. The lowest BCUT2D eigenvalue weighted by atomic mass is 9.91. The minimum atomic E-state index is 0. The van der Waals surface area contributed by atoms with Crippen molar-refractivity contribution in [2.45, 2.75) is 57.8 Å². The quantitative estimate of drug-likeness (QED) is 0.733. The third-order valence-corrected chi connectivity index (χ3v) is 3.64. The Morgan fingerprint density at radius 1 is 1.11 bits per heavy atom. The summed E-state index contributed by atoms with van der Waals surface area (Å²) in [4.78, 5) is 11.6. The summed E-state index contributed by atoms with van der Waals surface area (Å²) in [6.45, 7) is 1.83. The average molecular weight is 277 g/mol. The van der Waals surface area contributed by atoms with Crippen LogP contribution in [0.4, 0.5) is 0 Å². The van der Waals surface area contributed by atoms with Crippen LogP contribution >= 0.6 is 12.4 Å². The Hall–Kier alpha value is -0.280. The smallest absolute Gasteiger partial charge is 0.220 e. The summed E-state index contributed by atoms with van der Waals surface area (Å²) in [5, 5.41) is 6.16. The van der Waals surface area contributed by atoms with Crippen molar-refractivity contribution in [1.82, 2.24) is 10.6 Å². The molecule has 0 unspecified atom stereocenters. The van der Waals surface area contributed by atoms with E-state index in [1.54, 1.807) is 0 Å². The highest BCUT2D eigenvalue weighted by Crippen LogP contribution is 2.21. The molecular formula is C14H29ClN2O. The SMILES string of the molecule is CNCCCC(=O)NCC1CCCCCCC1.Cl. The summed E-state index contributed by atoms with van der Waals surface area (Å²) >= 11 is 0. The van der Waals surface area contributed by atoms with E-state index < -0.39 is 0 Å². The second kappa shape index (κ2) is 11.8. The van der Waals surface area contributed by atoms with Crippen molar-refractivity contribution in [1.29, 1.82) is 0 Å². The van der Waals surface area contributed by atoms with Gasteiger partial charge in [-0.25, -0.2) is 0 Å². The van der Waals surface area contributed by atoms with Gasteiger partial charge in [-0.2, -0.15) is 0 Å². The van der Waals surface area contributed by atoms with Gasteiger partial charge < -0.3 is 10.6 Å². The standard InChI is InChI=1S/C14H28N2O.ClH/c1-15-11-7-10-14(17)16-12-13-8-5-3-2-4-6-9-13;/h13,15H,2-12H2,1H3,(H,16,17);1H. The summed E-state index contributed by atoms with van der Waals surface area (Å²) in [5.41, 5.74) is 0. The fourth-order valence-corrected chi connectivity index (χ4v) is 2.52. The van der Waals surface area contributed by atoms with Gasteiger partial charge in [-0.15, -0.1) is 12.4 Å². The molecule has 0 aromatic rings. The number of carbonyl (C=O) groups is 1. The van der Waals surface area contributed by atoms with Crippen LogP contribution in [0.3, 0.4) is 0 Å². The first kappa shape index (κ1) is 17.7. The molecule has 4 heteroatoms. The molecule has 0 aromatic heterocycles. The van der Waals surface area contributed by atoms with E-state index in [1.807, 2.05) is 7.05 Å². The maximum Gasteiger partial charge on any atom is 0.220 e. The van der Waals surface area contributed by atoms with Gasteiger partial charge in [-0.3, -0.25) is 4.79 Å². The van der Waals surface area contributed by atoms with E-state index in [0.29, 0.717) is 6.42 Å². The van der Waals surface area contributed by atoms with Crippen molar-refractivity contribution in [2.75, 3.05) is 20.1 Å². The van der Waals surface area contributed by atoms with Crippen LogP contribution in [-0.4, -0.2) is 26.0 Å². The number of nitrogens with one attached hydrogen (secondary N) is 2.